The van der Waals surface area contributed by atoms with Crippen LogP contribution in [0.1, 0.15) is 20.3 Å². The molecule has 16 heavy (non-hydrogen) atoms. The van der Waals surface area contributed by atoms with Gasteiger partial charge in [0.1, 0.15) is 0 Å². The predicted molar refractivity (Wildman–Crippen MR) is 68.8 cm³/mol. The number of esters is 1. The topological polar surface area (TPSA) is 29.5 Å². The summed E-state index contributed by atoms with van der Waals surface area (Å²) in [4.78, 5) is 13.5. The Kier molecular flexibility index (Phi) is 6.57. The second-order valence-corrected chi connectivity index (χ2v) is 5.22. The number of carbonyl (C=O) groups excluding carboxylic acids is 1. The molecule has 0 saturated carbocycles. The van der Waals surface area contributed by atoms with Crippen molar-refractivity contribution in [3.63, 3.8) is 0 Å². The van der Waals surface area contributed by atoms with E-state index in [1.165, 1.54) is 18.2 Å². The van der Waals surface area contributed by atoms with E-state index < -0.39 is 0 Å². The first-order valence-electron chi connectivity index (χ1n) is 5.93. The highest BCUT2D eigenvalue weighted by Crippen LogP contribution is 2.20. The quantitative estimate of drug-likeness (QED) is 0.545. The standard InChI is InChI=1S/C12H21NO2S/c1-3-11-10-13(8-9-16-11)7-5-6-12(14)15-4-2/h5-6,11H,3-4,7-10H2,1-2H3/b6-5+. The molecule has 1 atom stereocenters. The van der Waals surface area contributed by atoms with E-state index in [2.05, 4.69) is 23.6 Å². The Morgan fingerprint density at radius 1 is 1.56 bits per heavy atom. The van der Waals surface area contributed by atoms with Gasteiger partial charge in [-0.3, -0.25) is 4.90 Å². The van der Waals surface area contributed by atoms with E-state index in [1.807, 2.05) is 13.0 Å². The molecule has 3 nitrogen and oxygen atoms in total. The van der Waals surface area contributed by atoms with Crippen LogP contribution in [0.4, 0.5) is 0 Å². The van der Waals surface area contributed by atoms with E-state index >= 15 is 0 Å². The van der Waals surface area contributed by atoms with Gasteiger partial charge in [0.25, 0.3) is 0 Å². The van der Waals surface area contributed by atoms with Crippen molar-refractivity contribution in [1.82, 2.24) is 4.90 Å². The van der Waals surface area contributed by atoms with Gasteiger partial charge in [0.05, 0.1) is 6.61 Å². The summed E-state index contributed by atoms with van der Waals surface area (Å²) in [5.74, 6) is 0.965. The Bertz CT molecular complexity index is 243. The maximum absolute atomic E-state index is 11.1. The van der Waals surface area contributed by atoms with Crippen LogP contribution < -0.4 is 0 Å². The highest BCUT2D eigenvalue weighted by molar-refractivity contribution is 8.00. The van der Waals surface area contributed by atoms with Crippen molar-refractivity contribution in [3.8, 4) is 0 Å². The number of carbonyl (C=O) groups is 1. The second-order valence-electron chi connectivity index (χ2n) is 3.82. The summed E-state index contributed by atoms with van der Waals surface area (Å²) in [5.41, 5.74) is 0. The Labute approximate surface area is 102 Å². The molecule has 1 fully saturated rings. The van der Waals surface area contributed by atoms with Gasteiger partial charge in [-0.2, -0.15) is 11.8 Å². The lowest BCUT2D eigenvalue weighted by molar-refractivity contribution is -0.137. The van der Waals surface area contributed by atoms with E-state index in [1.54, 1.807) is 0 Å². The van der Waals surface area contributed by atoms with Crippen LogP contribution in [0.2, 0.25) is 0 Å². The van der Waals surface area contributed by atoms with E-state index in [4.69, 9.17) is 4.74 Å². The molecule has 0 amide bonds. The molecule has 0 radical (unpaired) electrons. The van der Waals surface area contributed by atoms with Crippen molar-refractivity contribution in [2.45, 2.75) is 25.5 Å². The molecule has 92 valence electrons. The van der Waals surface area contributed by atoms with Gasteiger partial charge in [-0.1, -0.05) is 13.0 Å². The average Bonchev–Trinajstić information content (AvgIpc) is 2.30. The second kappa shape index (κ2) is 7.74. The van der Waals surface area contributed by atoms with Crippen molar-refractivity contribution in [2.75, 3.05) is 32.0 Å². The summed E-state index contributed by atoms with van der Waals surface area (Å²) in [5, 5.41) is 0.754. The summed E-state index contributed by atoms with van der Waals surface area (Å²) < 4.78 is 4.83. The molecule has 0 aromatic heterocycles. The molecular weight excluding hydrogens is 222 g/mol. The molecule has 0 N–H and O–H groups in total. The number of rotatable bonds is 5. The molecule has 0 spiro atoms. The lowest BCUT2D eigenvalue weighted by Gasteiger charge is -2.30. The molecule has 1 heterocycles. The molecular formula is C12H21NO2S. The van der Waals surface area contributed by atoms with Gasteiger partial charge in [0.15, 0.2) is 0 Å². The smallest absolute Gasteiger partial charge is 0.330 e. The molecule has 1 rings (SSSR count). The Balaban J connectivity index is 2.23. The minimum atomic E-state index is -0.235. The first kappa shape index (κ1) is 13.6. The van der Waals surface area contributed by atoms with Gasteiger partial charge in [-0.05, 0) is 13.3 Å². The molecule has 1 saturated heterocycles. The Morgan fingerprint density at radius 2 is 2.38 bits per heavy atom. The van der Waals surface area contributed by atoms with E-state index in [0.29, 0.717) is 6.61 Å². The van der Waals surface area contributed by atoms with Crippen LogP contribution in [0.25, 0.3) is 0 Å². The van der Waals surface area contributed by atoms with Gasteiger partial charge in [-0.25, -0.2) is 4.79 Å². The highest BCUT2D eigenvalue weighted by atomic mass is 32.2. The fraction of sp³-hybridized carbons (Fsp3) is 0.750. The molecule has 0 aromatic rings. The molecule has 1 unspecified atom stereocenters. The van der Waals surface area contributed by atoms with Crippen LogP contribution in [-0.2, 0) is 9.53 Å². The first-order chi connectivity index (χ1) is 7.76. The molecule has 0 aliphatic carbocycles. The number of thioether (sulfide) groups is 1. The maximum atomic E-state index is 11.1. The van der Waals surface area contributed by atoms with Crippen LogP contribution in [0.15, 0.2) is 12.2 Å². The number of hydrogen-bond donors (Lipinski definition) is 0. The van der Waals surface area contributed by atoms with Crippen molar-refractivity contribution >= 4 is 17.7 Å². The Hall–Kier alpha value is -0.480. The number of nitrogens with zero attached hydrogens (tertiary/aromatic N) is 1. The minimum absolute atomic E-state index is 0.235. The molecule has 4 heteroatoms. The molecule has 1 aliphatic rings. The van der Waals surface area contributed by atoms with Crippen LogP contribution in [0, 0.1) is 0 Å². The summed E-state index contributed by atoms with van der Waals surface area (Å²) >= 11 is 2.06. The lowest BCUT2D eigenvalue weighted by Crippen LogP contribution is -2.37. The van der Waals surface area contributed by atoms with Crippen LogP contribution in [0.5, 0.6) is 0 Å². The summed E-state index contributed by atoms with van der Waals surface area (Å²) in [6.45, 7) is 7.61. The van der Waals surface area contributed by atoms with Gasteiger partial charge in [0.2, 0.25) is 0 Å². The Morgan fingerprint density at radius 3 is 3.06 bits per heavy atom. The van der Waals surface area contributed by atoms with Gasteiger partial charge in [0, 0.05) is 36.7 Å². The third-order valence-corrected chi connectivity index (χ3v) is 3.95. The SMILES string of the molecule is CCOC(=O)/C=C/CN1CCSC(CC)C1. The zero-order valence-electron chi connectivity index (χ0n) is 10.1. The van der Waals surface area contributed by atoms with Gasteiger partial charge >= 0.3 is 5.97 Å². The van der Waals surface area contributed by atoms with Gasteiger partial charge < -0.3 is 4.74 Å². The zero-order valence-corrected chi connectivity index (χ0v) is 11.0. The summed E-state index contributed by atoms with van der Waals surface area (Å²) in [6, 6.07) is 0. The minimum Gasteiger partial charge on any atom is -0.463 e. The third-order valence-electron chi connectivity index (χ3n) is 2.58. The highest BCUT2D eigenvalue weighted by Gasteiger charge is 2.17. The number of hydrogen-bond acceptors (Lipinski definition) is 4. The van der Waals surface area contributed by atoms with Crippen LogP contribution in [-0.4, -0.2) is 48.1 Å². The molecule has 0 bridgehead atoms. The zero-order chi connectivity index (χ0) is 11.8. The normalized spacial score (nSPS) is 22.5. The van der Waals surface area contributed by atoms with Crippen LogP contribution >= 0.6 is 11.8 Å². The average molecular weight is 243 g/mol. The fourth-order valence-corrected chi connectivity index (χ4v) is 2.93. The third kappa shape index (κ3) is 5.03. The van der Waals surface area contributed by atoms with Crippen molar-refractivity contribution in [3.05, 3.63) is 12.2 Å². The van der Waals surface area contributed by atoms with E-state index in [9.17, 15) is 4.79 Å². The van der Waals surface area contributed by atoms with Crippen molar-refractivity contribution < 1.29 is 9.53 Å². The van der Waals surface area contributed by atoms with Crippen molar-refractivity contribution in [1.29, 1.82) is 0 Å². The van der Waals surface area contributed by atoms with Crippen molar-refractivity contribution in [2.24, 2.45) is 0 Å². The lowest BCUT2D eigenvalue weighted by atomic mass is 10.3. The first-order valence-corrected chi connectivity index (χ1v) is 6.98. The van der Waals surface area contributed by atoms with Crippen LogP contribution in [0.3, 0.4) is 0 Å². The largest absolute Gasteiger partial charge is 0.463 e. The van der Waals surface area contributed by atoms with Gasteiger partial charge in [-0.15, -0.1) is 0 Å². The summed E-state index contributed by atoms with van der Waals surface area (Å²) in [6.07, 6.45) is 4.66. The maximum Gasteiger partial charge on any atom is 0.330 e. The number of ether oxygens (including phenoxy) is 1. The van der Waals surface area contributed by atoms with E-state index in [-0.39, 0.29) is 5.97 Å². The predicted octanol–water partition coefficient (Wildman–Crippen LogP) is 1.93. The fourth-order valence-electron chi connectivity index (χ4n) is 1.68. The molecule has 0 aromatic carbocycles. The molecule has 1 aliphatic heterocycles. The monoisotopic (exact) mass is 243 g/mol. The van der Waals surface area contributed by atoms with E-state index in [0.717, 1.165) is 24.9 Å². The summed E-state index contributed by atoms with van der Waals surface area (Å²) in [7, 11) is 0.